The molecular weight excluding hydrogens is 214 g/mol. The Balaban J connectivity index is 0.000000720. The Labute approximate surface area is 88.8 Å². The highest BCUT2D eigenvalue weighted by Crippen LogP contribution is 2.16. The van der Waals surface area contributed by atoms with Gasteiger partial charge in [-0.3, -0.25) is 0 Å². The van der Waals surface area contributed by atoms with Crippen molar-refractivity contribution in [3.8, 4) is 0 Å². The van der Waals surface area contributed by atoms with E-state index in [1.165, 1.54) is 6.07 Å². The normalized spacial score (nSPS) is 15.2. The van der Waals surface area contributed by atoms with Crippen LogP contribution in [0, 0.1) is 5.95 Å². The van der Waals surface area contributed by atoms with Crippen molar-refractivity contribution in [1.29, 1.82) is 0 Å². The molecule has 5 heteroatoms. The van der Waals surface area contributed by atoms with E-state index < -0.39 is 0 Å². The van der Waals surface area contributed by atoms with Crippen LogP contribution < -0.4 is 5.32 Å². The molecule has 1 fully saturated rings. The molecule has 1 aliphatic rings. The Morgan fingerprint density at radius 1 is 1.31 bits per heavy atom. The molecule has 74 valence electrons. The van der Waals surface area contributed by atoms with Gasteiger partial charge in [-0.1, -0.05) is 6.07 Å². The molecule has 1 aliphatic heterocycles. The highest BCUT2D eigenvalue weighted by atomic mass is 35.5. The summed E-state index contributed by atoms with van der Waals surface area (Å²) in [5.41, 5.74) is 0.865. The lowest BCUT2D eigenvalue weighted by Gasteiger charge is -2.26. The van der Waals surface area contributed by atoms with Crippen molar-refractivity contribution in [3.05, 3.63) is 29.8 Å². The van der Waals surface area contributed by atoms with E-state index in [2.05, 4.69) is 10.3 Å². The molecule has 0 amide bonds. The summed E-state index contributed by atoms with van der Waals surface area (Å²) >= 11 is 0. The van der Waals surface area contributed by atoms with Crippen molar-refractivity contribution >= 4 is 24.8 Å². The minimum atomic E-state index is -0.380. The van der Waals surface area contributed by atoms with Gasteiger partial charge in [0.25, 0.3) is 0 Å². The molecule has 13 heavy (non-hydrogen) atoms. The van der Waals surface area contributed by atoms with Gasteiger partial charge in [-0.15, -0.1) is 24.8 Å². The van der Waals surface area contributed by atoms with Crippen LogP contribution in [0.2, 0.25) is 0 Å². The molecule has 0 bridgehead atoms. The van der Waals surface area contributed by atoms with Crippen LogP contribution in [0.1, 0.15) is 11.6 Å². The van der Waals surface area contributed by atoms with Crippen LogP contribution in [0.25, 0.3) is 0 Å². The van der Waals surface area contributed by atoms with Crippen molar-refractivity contribution in [3.63, 3.8) is 0 Å². The van der Waals surface area contributed by atoms with Crippen LogP contribution in [0.4, 0.5) is 4.39 Å². The zero-order chi connectivity index (χ0) is 7.68. The summed E-state index contributed by atoms with van der Waals surface area (Å²) in [6.45, 7) is 1.85. The molecule has 2 heterocycles. The summed E-state index contributed by atoms with van der Waals surface area (Å²) in [5, 5.41) is 3.12. The van der Waals surface area contributed by atoms with Gasteiger partial charge in [0.2, 0.25) is 5.95 Å². The van der Waals surface area contributed by atoms with E-state index in [-0.39, 0.29) is 30.8 Å². The first kappa shape index (κ1) is 12.6. The number of nitrogens with zero attached hydrogens (tertiary/aromatic N) is 1. The zero-order valence-corrected chi connectivity index (χ0v) is 8.50. The Kier molecular flexibility index (Phi) is 5.21. The van der Waals surface area contributed by atoms with Crippen LogP contribution in [-0.4, -0.2) is 18.1 Å². The van der Waals surface area contributed by atoms with E-state index in [1.54, 1.807) is 6.07 Å². The van der Waals surface area contributed by atoms with Gasteiger partial charge in [-0.05, 0) is 12.1 Å². The molecule has 0 saturated carbocycles. The van der Waals surface area contributed by atoms with E-state index in [4.69, 9.17) is 0 Å². The van der Waals surface area contributed by atoms with Gasteiger partial charge in [-0.2, -0.15) is 4.39 Å². The van der Waals surface area contributed by atoms with Crippen LogP contribution >= 0.6 is 24.8 Å². The highest BCUT2D eigenvalue weighted by molar-refractivity contribution is 5.85. The van der Waals surface area contributed by atoms with Gasteiger partial charge >= 0.3 is 0 Å². The minimum absolute atomic E-state index is 0. The van der Waals surface area contributed by atoms with Crippen molar-refractivity contribution in [1.82, 2.24) is 10.3 Å². The molecule has 1 N–H and O–H groups in total. The van der Waals surface area contributed by atoms with Crippen molar-refractivity contribution in [2.24, 2.45) is 0 Å². The number of aromatic nitrogens is 1. The van der Waals surface area contributed by atoms with Crippen molar-refractivity contribution < 1.29 is 4.39 Å². The van der Waals surface area contributed by atoms with Gasteiger partial charge in [0.15, 0.2) is 0 Å². The first-order valence-corrected chi connectivity index (χ1v) is 3.69. The molecule has 0 atom stereocenters. The number of rotatable bonds is 1. The standard InChI is InChI=1S/C8H9FN2.2ClH/c9-8-3-1-2-7(11-8)6-4-10-5-6;;/h1-3,6,10H,4-5H2;2*1H. The van der Waals surface area contributed by atoms with Crippen LogP contribution in [0.5, 0.6) is 0 Å². The summed E-state index contributed by atoms with van der Waals surface area (Å²) in [7, 11) is 0. The summed E-state index contributed by atoms with van der Waals surface area (Å²) in [5.74, 6) is 0.0418. The van der Waals surface area contributed by atoms with E-state index in [0.717, 1.165) is 18.8 Å². The Bertz CT molecular complexity index is 266. The van der Waals surface area contributed by atoms with Crippen LogP contribution in [0.3, 0.4) is 0 Å². The SMILES string of the molecule is Cl.Cl.Fc1cccc(C2CNC2)n1. The fourth-order valence-electron chi connectivity index (χ4n) is 1.15. The lowest BCUT2D eigenvalue weighted by atomic mass is 9.99. The van der Waals surface area contributed by atoms with Gasteiger partial charge in [-0.25, -0.2) is 4.98 Å². The third kappa shape index (κ3) is 2.79. The van der Waals surface area contributed by atoms with Crippen molar-refractivity contribution in [2.75, 3.05) is 13.1 Å². The predicted molar refractivity (Wildman–Crippen MR) is 54.3 cm³/mol. The number of nitrogens with one attached hydrogen (secondary N) is 1. The van der Waals surface area contributed by atoms with Crippen LogP contribution in [0.15, 0.2) is 18.2 Å². The van der Waals surface area contributed by atoms with E-state index in [0.29, 0.717) is 5.92 Å². The quantitative estimate of drug-likeness (QED) is 0.736. The summed E-state index contributed by atoms with van der Waals surface area (Å²) in [6, 6.07) is 4.94. The molecular formula is C8H11Cl2FN2. The second-order valence-corrected chi connectivity index (χ2v) is 2.74. The highest BCUT2D eigenvalue weighted by Gasteiger charge is 2.19. The lowest BCUT2D eigenvalue weighted by molar-refractivity contribution is 0.432. The van der Waals surface area contributed by atoms with Gasteiger partial charge < -0.3 is 5.32 Å². The van der Waals surface area contributed by atoms with Crippen LogP contribution in [-0.2, 0) is 0 Å². The molecule has 0 unspecified atom stereocenters. The maximum atomic E-state index is 12.6. The molecule has 0 aromatic carbocycles. The Morgan fingerprint density at radius 2 is 2.00 bits per heavy atom. The average Bonchev–Trinajstić information content (AvgIpc) is 1.83. The molecule has 2 rings (SSSR count). The fraction of sp³-hybridized carbons (Fsp3) is 0.375. The maximum absolute atomic E-state index is 12.6. The second-order valence-electron chi connectivity index (χ2n) is 2.74. The Morgan fingerprint density at radius 3 is 2.46 bits per heavy atom. The summed E-state index contributed by atoms with van der Waals surface area (Å²) in [4.78, 5) is 3.79. The fourth-order valence-corrected chi connectivity index (χ4v) is 1.15. The van der Waals surface area contributed by atoms with Gasteiger partial charge in [0.05, 0.1) is 0 Å². The molecule has 1 aromatic heterocycles. The van der Waals surface area contributed by atoms with Gasteiger partial charge in [0, 0.05) is 24.7 Å². The smallest absolute Gasteiger partial charge is 0.213 e. The molecule has 0 radical (unpaired) electrons. The zero-order valence-electron chi connectivity index (χ0n) is 6.87. The minimum Gasteiger partial charge on any atom is -0.315 e. The summed E-state index contributed by atoms with van der Waals surface area (Å²) in [6.07, 6.45) is 0. The monoisotopic (exact) mass is 224 g/mol. The molecule has 2 nitrogen and oxygen atoms in total. The maximum Gasteiger partial charge on any atom is 0.213 e. The third-order valence-electron chi connectivity index (χ3n) is 1.94. The molecule has 0 spiro atoms. The second kappa shape index (κ2) is 5.37. The lowest BCUT2D eigenvalue weighted by Crippen LogP contribution is -2.40. The number of halogens is 3. The largest absolute Gasteiger partial charge is 0.315 e. The number of hydrogen-bond donors (Lipinski definition) is 1. The van der Waals surface area contributed by atoms with Gasteiger partial charge in [0.1, 0.15) is 0 Å². The van der Waals surface area contributed by atoms with E-state index in [1.807, 2.05) is 6.07 Å². The first-order valence-electron chi connectivity index (χ1n) is 3.69. The number of pyridine rings is 1. The molecule has 1 aromatic rings. The topological polar surface area (TPSA) is 24.9 Å². The van der Waals surface area contributed by atoms with Crippen molar-refractivity contribution in [2.45, 2.75) is 5.92 Å². The average molecular weight is 225 g/mol. The first-order chi connectivity index (χ1) is 5.36. The predicted octanol–water partition coefficient (Wildman–Crippen LogP) is 1.75. The molecule has 0 aliphatic carbocycles. The Hall–Kier alpha value is -0.380. The number of hydrogen-bond acceptors (Lipinski definition) is 2. The molecule has 1 saturated heterocycles. The summed E-state index contributed by atoms with van der Waals surface area (Å²) < 4.78 is 12.6. The third-order valence-corrected chi connectivity index (χ3v) is 1.94. The van der Waals surface area contributed by atoms with E-state index >= 15 is 0 Å². The van der Waals surface area contributed by atoms with E-state index in [9.17, 15) is 4.39 Å².